The highest BCUT2D eigenvalue weighted by molar-refractivity contribution is 5.67. The first-order valence-corrected chi connectivity index (χ1v) is 7.71. The van der Waals surface area contributed by atoms with Crippen molar-refractivity contribution in [2.45, 2.75) is 25.4 Å². The monoisotopic (exact) mass is 349 g/mol. The fourth-order valence-electron chi connectivity index (χ4n) is 2.20. The zero-order valence-electron chi connectivity index (χ0n) is 13.4. The van der Waals surface area contributed by atoms with E-state index in [0.717, 1.165) is 11.6 Å². The van der Waals surface area contributed by atoms with Gasteiger partial charge in [0.15, 0.2) is 0 Å². The maximum absolute atomic E-state index is 13.8. The SMILES string of the molecule is O=C(NCC(O)C(O)c1cc(CO)ccc1F)OCc1ccccc1. The van der Waals surface area contributed by atoms with Crippen LogP contribution in [0.2, 0.25) is 0 Å². The van der Waals surface area contributed by atoms with Crippen molar-refractivity contribution in [2.75, 3.05) is 6.54 Å². The molecule has 2 atom stereocenters. The number of aliphatic hydroxyl groups excluding tert-OH is 3. The van der Waals surface area contributed by atoms with Gasteiger partial charge in [-0.3, -0.25) is 0 Å². The van der Waals surface area contributed by atoms with Gasteiger partial charge in [0, 0.05) is 12.1 Å². The Kier molecular flexibility index (Phi) is 6.88. The maximum atomic E-state index is 13.8. The number of aliphatic hydroxyl groups is 3. The third-order valence-electron chi connectivity index (χ3n) is 3.59. The first-order chi connectivity index (χ1) is 12.0. The van der Waals surface area contributed by atoms with Gasteiger partial charge in [-0.15, -0.1) is 0 Å². The van der Waals surface area contributed by atoms with Gasteiger partial charge in [0.05, 0.1) is 6.61 Å². The Labute approximate surface area is 144 Å². The first kappa shape index (κ1) is 18.9. The van der Waals surface area contributed by atoms with E-state index in [2.05, 4.69) is 5.32 Å². The average Bonchev–Trinajstić information content (AvgIpc) is 2.65. The predicted octanol–water partition coefficient (Wildman–Crippen LogP) is 1.64. The highest BCUT2D eigenvalue weighted by Gasteiger charge is 2.22. The second-order valence-electron chi connectivity index (χ2n) is 5.47. The van der Waals surface area contributed by atoms with Crippen LogP contribution in [0.3, 0.4) is 0 Å². The summed E-state index contributed by atoms with van der Waals surface area (Å²) in [5.41, 5.74) is 1.05. The van der Waals surface area contributed by atoms with E-state index < -0.39 is 24.1 Å². The van der Waals surface area contributed by atoms with E-state index in [1.807, 2.05) is 18.2 Å². The number of rotatable bonds is 7. The predicted molar refractivity (Wildman–Crippen MR) is 87.9 cm³/mol. The van der Waals surface area contributed by atoms with Crippen molar-refractivity contribution < 1.29 is 29.2 Å². The van der Waals surface area contributed by atoms with Crippen LogP contribution in [0, 0.1) is 5.82 Å². The lowest BCUT2D eigenvalue weighted by Crippen LogP contribution is -2.36. The minimum atomic E-state index is -1.55. The molecule has 25 heavy (non-hydrogen) atoms. The van der Waals surface area contributed by atoms with Gasteiger partial charge < -0.3 is 25.4 Å². The summed E-state index contributed by atoms with van der Waals surface area (Å²) >= 11 is 0. The van der Waals surface area contributed by atoms with Crippen LogP contribution in [-0.4, -0.2) is 34.1 Å². The second-order valence-corrected chi connectivity index (χ2v) is 5.47. The molecule has 0 radical (unpaired) electrons. The molecular weight excluding hydrogens is 329 g/mol. The Bertz CT molecular complexity index is 695. The van der Waals surface area contributed by atoms with E-state index in [-0.39, 0.29) is 25.3 Å². The fraction of sp³-hybridized carbons (Fsp3) is 0.278. The normalized spacial score (nSPS) is 13.1. The Balaban J connectivity index is 1.84. The molecule has 0 aromatic heterocycles. The smallest absolute Gasteiger partial charge is 0.407 e. The molecule has 7 heteroatoms. The van der Waals surface area contributed by atoms with Crippen LogP contribution in [0.1, 0.15) is 22.8 Å². The molecule has 1 amide bonds. The number of halogens is 1. The minimum absolute atomic E-state index is 0.0680. The van der Waals surface area contributed by atoms with E-state index >= 15 is 0 Å². The van der Waals surface area contributed by atoms with Crippen molar-refractivity contribution in [1.29, 1.82) is 0 Å². The summed E-state index contributed by atoms with van der Waals surface area (Å²) in [5, 5.41) is 31.4. The highest BCUT2D eigenvalue weighted by Crippen LogP contribution is 2.21. The lowest BCUT2D eigenvalue weighted by Gasteiger charge is -2.19. The fourth-order valence-corrected chi connectivity index (χ4v) is 2.20. The second kappa shape index (κ2) is 9.12. The van der Waals surface area contributed by atoms with Crippen molar-refractivity contribution in [2.24, 2.45) is 0 Å². The molecule has 0 aliphatic rings. The van der Waals surface area contributed by atoms with Crippen LogP contribution in [0.4, 0.5) is 9.18 Å². The Hall–Kier alpha value is -2.48. The van der Waals surface area contributed by atoms with E-state index in [1.165, 1.54) is 12.1 Å². The van der Waals surface area contributed by atoms with Gasteiger partial charge in [-0.2, -0.15) is 0 Å². The molecule has 0 aliphatic heterocycles. The molecule has 2 aromatic rings. The lowest BCUT2D eigenvalue weighted by molar-refractivity contribution is 0.0163. The van der Waals surface area contributed by atoms with Crippen LogP contribution in [0.25, 0.3) is 0 Å². The summed E-state index contributed by atoms with van der Waals surface area (Å²) in [5.74, 6) is -0.713. The number of carbonyl (C=O) groups is 1. The summed E-state index contributed by atoms with van der Waals surface area (Å²) in [6, 6.07) is 12.8. The maximum Gasteiger partial charge on any atom is 0.407 e. The number of carbonyl (C=O) groups excluding carboxylic acids is 1. The van der Waals surface area contributed by atoms with Crippen molar-refractivity contribution in [3.63, 3.8) is 0 Å². The Morgan fingerprint density at radius 2 is 1.84 bits per heavy atom. The zero-order chi connectivity index (χ0) is 18.2. The molecule has 0 bridgehead atoms. The summed E-state index contributed by atoms with van der Waals surface area (Å²) in [6.45, 7) is -0.573. The van der Waals surface area contributed by atoms with Crippen molar-refractivity contribution in [1.82, 2.24) is 5.32 Å². The highest BCUT2D eigenvalue weighted by atomic mass is 19.1. The van der Waals surface area contributed by atoms with Gasteiger partial charge in [0.2, 0.25) is 0 Å². The third-order valence-corrected chi connectivity index (χ3v) is 3.59. The van der Waals surface area contributed by atoms with Crippen LogP contribution >= 0.6 is 0 Å². The van der Waals surface area contributed by atoms with Gasteiger partial charge in [-0.05, 0) is 23.3 Å². The van der Waals surface area contributed by atoms with Gasteiger partial charge >= 0.3 is 6.09 Å². The molecule has 0 saturated heterocycles. The van der Waals surface area contributed by atoms with Crippen molar-refractivity contribution in [3.05, 3.63) is 71.0 Å². The lowest BCUT2D eigenvalue weighted by atomic mass is 10.0. The summed E-state index contributed by atoms with van der Waals surface area (Å²) in [7, 11) is 0. The molecule has 6 nitrogen and oxygen atoms in total. The topological polar surface area (TPSA) is 99.0 Å². The molecule has 0 heterocycles. The van der Waals surface area contributed by atoms with Crippen LogP contribution in [-0.2, 0) is 18.0 Å². The summed E-state index contributed by atoms with van der Waals surface area (Å²) < 4.78 is 18.7. The molecule has 2 unspecified atom stereocenters. The zero-order valence-corrected chi connectivity index (χ0v) is 13.4. The van der Waals surface area contributed by atoms with Crippen molar-refractivity contribution in [3.8, 4) is 0 Å². The minimum Gasteiger partial charge on any atom is -0.445 e. The van der Waals surface area contributed by atoms with E-state index in [4.69, 9.17) is 9.84 Å². The summed E-state index contributed by atoms with van der Waals surface area (Å²) in [6.07, 6.45) is -3.76. The molecule has 0 saturated carbocycles. The number of hydrogen-bond acceptors (Lipinski definition) is 5. The molecule has 134 valence electrons. The molecule has 2 aromatic carbocycles. The number of alkyl carbamates (subject to hydrolysis) is 1. The molecule has 0 spiro atoms. The van der Waals surface area contributed by atoms with Gasteiger partial charge in [-0.25, -0.2) is 9.18 Å². The first-order valence-electron chi connectivity index (χ1n) is 7.71. The average molecular weight is 349 g/mol. The number of amides is 1. The summed E-state index contributed by atoms with van der Waals surface area (Å²) in [4.78, 5) is 11.6. The van der Waals surface area contributed by atoms with Gasteiger partial charge in [0.25, 0.3) is 0 Å². The number of hydrogen-bond donors (Lipinski definition) is 4. The molecule has 0 aliphatic carbocycles. The number of benzene rings is 2. The quantitative estimate of drug-likeness (QED) is 0.609. The third kappa shape index (κ3) is 5.53. The largest absolute Gasteiger partial charge is 0.445 e. The number of ether oxygens (including phenoxy) is 1. The van der Waals surface area contributed by atoms with Crippen LogP contribution in [0.15, 0.2) is 48.5 Å². The standard InChI is InChI=1S/C18H20FNO5/c19-15-7-6-13(10-21)8-14(15)17(23)16(22)9-20-18(24)25-11-12-4-2-1-3-5-12/h1-8,16-17,21-23H,9-11H2,(H,20,24). The van der Waals surface area contributed by atoms with Crippen LogP contribution < -0.4 is 5.32 Å². The Morgan fingerprint density at radius 3 is 2.52 bits per heavy atom. The van der Waals surface area contributed by atoms with E-state index in [1.54, 1.807) is 12.1 Å². The molecule has 4 N–H and O–H groups in total. The Morgan fingerprint density at radius 1 is 1.12 bits per heavy atom. The van der Waals surface area contributed by atoms with Gasteiger partial charge in [-0.1, -0.05) is 36.4 Å². The molecular formula is C18H20FNO5. The number of nitrogens with one attached hydrogen (secondary N) is 1. The molecule has 0 fully saturated rings. The van der Waals surface area contributed by atoms with Crippen LogP contribution in [0.5, 0.6) is 0 Å². The van der Waals surface area contributed by atoms with E-state index in [9.17, 15) is 19.4 Å². The van der Waals surface area contributed by atoms with Crippen molar-refractivity contribution >= 4 is 6.09 Å². The van der Waals surface area contributed by atoms with Gasteiger partial charge in [0.1, 0.15) is 24.6 Å². The molecule has 2 rings (SSSR count). The van der Waals surface area contributed by atoms with E-state index in [0.29, 0.717) is 5.56 Å².